The Bertz CT molecular complexity index is 351. The molecule has 1 fully saturated rings. The molecule has 17 heavy (non-hydrogen) atoms. The minimum absolute atomic E-state index is 0.772. The van der Waals surface area contributed by atoms with Gasteiger partial charge in [0.05, 0.1) is 13.5 Å². The van der Waals surface area contributed by atoms with Crippen molar-refractivity contribution in [1.29, 1.82) is 0 Å². The van der Waals surface area contributed by atoms with E-state index in [9.17, 15) is 18.4 Å². The lowest BCUT2D eigenvalue weighted by Gasteiger charge is -2.22. The summed E-state index contributed by atoms with van der Waals surface area (Å²) in [6.07, 6.45) is -1.84. The minimum atomic E-state index is -3.29. The van der Waals surface area contributed by atoms with Crippen molar-refractivity contribution in [3.8, 4) is 0 Å². The number of methoxy groups -OCH3 is 1. The number of amides is 1. The summed E-state index contributed by atoms with van der Waals surface area (Å²) in [5.74, 6) is -4.47. The van der Waals surface area contributed by atoms with Gasteiger partial charge in [0.25, 0.3) is 5.92 Å². The summed E-state index contributed by atoms with van der Waals surface area (Å²) in [6, 6.07) is 0. The van der Waals surface area contributed by atoms with Crippen LogP contribution in [0.3, 0.4) is 0 Å². The Kier molecular flexibility index (Phi) is 3.07. The predicted molar refractivity (Wildman–Crippen MR) is 53.7 cm³/mol. The molecular weight excluding hydrogens is 236 g/mol. The maximum absolute atomic E-state index is 13.1. The van der Waals surface area contributed by atoms with Gasteiger partial charge < -0.3 is 9.47 Å². The molecule has 1 amide bonds. The van der Waals surface area contributed by atoms with Crippen LogP contribution < -0.4 is 5.32 Å². The molecule has 1 aliphatic carbocycles. The zero-order valence-electron chi connectivity index (χ0n) is 10.1. The first-order valence-electron chi connectivity index (χ1n) is 5.01. The second-order valence-corrected chi connectivity index (χ2v) is 4.91. The second kappa shape index (κ2) is 3.82. The first-order chi connectivity index (χ1) is 7.54. The predicted octanol–water partition coefficient (Wildman–Crippen LogP) is 1.46. The largest absolute Gasteiger partial charge is 0.467 e. The Morgan fingerprint density at radius 2 is 1.76 bits per heavy atom. The molecular formula is C10H15F2NO4. The SMILES string of the molecule is COC(=O)[C@]1(NC(=O)OC(C)(C)C)CC1(F)F. The molecule has 5 nitrogen and oxygen atoms in total. The fourth-order valence-corrected chi connectivity index (χ4v) is 1.35. The van der Waals surface area contributed by atoms with E-state index in [0.717, 1.165) is 7.11 Å². The summed E-state index contributed by atoms with van der Waals surface area (Å²) in [4.78, 5) is 22.6. The van der Waals surface area contributed by atoms with Crippen LogP contribution in [0.2, 0.25) is 0 Å². The second-order valence-electron chi connectivity index (χ2n) is 4.91. The number of carbonyl (C=O) groups is 2. The smallest absolute Gasteiger partial charge is 0.408 e. The molecule has 1 aliphatic rings. The molecule has 98 valence electrons. The molecule has 0 radical (unpaired) electrons. The van der Waals surface area contributed by atoms with E-state index < -0.39 is 35.5 Å². The molecule has 1 atom stereocenters. The molecule has 0 spiro atoms. The van der Waals surface area contributed by atoms with Crippen LogP contribution in [0.25, 0.3) is 0 Å². The third kappa shape index (κ3) is 2.65. The zero-order chi connectivity index (χ0) is 13.5. The Labute approximate surface area is 97.4 Å². The third-order valence-corrected chi connectivity index (χ3v) is 2.23. The number of esters is 1. The third-order valence-electron chi connectivity index (χ3n) is 2.23. The Morgan fingerprint density at radius 3 is 2.06 bits per heavy atom. The van der Waals surface area contributed by atoms with Crippen LogP contribution in [0, 0.1) is 0 Å². The average molecular weight is 251 g/mol. The highest BCUT2D eigenvalue weighted by atomic mass is 19.3. The maximum Gasteiger partial charge on any atom is 0.408 e. The van der Waals surface area contributed by atoms with Gasteiger partial charge in [0, 0.05) is 0 Å². The summed E-state index contributed by atoms with van der Waals surface area (Å²) in [5.41, 5.74) is -3.10. The van der Waals surface area contributed by atoms with Crippen molar-refractivity contribution >= 4 is 12.1 Å². The highest BCUT2D eigenvalue weighted by molar-refractivity contribution is 5.91. The summed E-state index contributed by atoms with van der Waals surface area (Å²) in [7, 11) is 0.981. The van der Waals surface area contributed by atoms with Gasteiger partial charge in [-0.25, -0.2) is 18.4 Å². The van der Waals surface area contributed by atoms with Crippen molar-refractivity contribution in [3.05, 3.63) is 0 Å². The molecule has 1 rings (SSSR count). The van der Waals surface area contributed by atoms with Crippen molar-refractivity contribution in [2.45, 2.75) is 44.3 Å². The van der Waals surface area contributed by atoms with Crippen LogP contribution in [0.1, 0.15) is 27.2 Å². The van der Waals surface area contributed by atoms with Gasteiger partial charge in [-0.2, -0.15) is 0 Å². The van der Waals surface area contributed by atoms with Crippen LogP contribution in [0.5, 0.6) is 0 Å². The average Bonchev–Trinajstić information content (AvgIpc) is 2.64. The number of rotatable bonds is 2. The highest BCUT2D eigenvalue weighted by Crippen LogP contribution is 2.53. The molecule has 0 saturated heterocycles. The number of halogens is 2. The number of hydrogen-bond donors (Lipinski definition) is 1. The van der Waals surface area contributed by atoms with E-state index in [1.54, 1.807) is 20.8 Å². The van der Waals surface area contributed by atoms with Gasteiger partial charge in [-0.1, -0.05) is 0 Å². The summed E-state index contributed by atoms with van der Waals surface area (Å²) < 4.78 is 35.3. The normalized spacial score (nSPS) is 26.0. The number of nitrogens with one attached hydrogen (secondary N) is 1. The van der Waals surface area contributed by atoms with Gasteiger partial charge >= 0.3 is 12.1 Å². The lowest BCUT2D eigenvalue weighted by Crippen LogP contribution is -2.49. The first-order valence-corrected chi connectivity index (χ1v) is 5.01. The van der Waals surface area contributed by atoms with Crippen LogP contribution >= 0.6 is 0 Å². The molecule has 0 aliphatic heterocycles. The molecule has 0 aromatic carbocycles. The molecule has 1 saturated carbocycles. The van der Waals surface area contributed by atoms with E-state index in [-0.39, 0.29) is 0 Å². The maximum atomic E-state index is 13.1. The lowest BCUT2D eigenvalue weighted by molar-refractivity contribution is -0.147. The zero-order valence-corrected chi connectivity index (χ0v) is 10.1. The van der Waals surface area contributed by atoms with Crippen molar-refractivity contribution in [2.75, 3.05) is 7.11 Å². The molecule has 0 aromatic rings. The standard InChI is InChI=1S/C10H15F2NO4/c1-8(2,3)17-7(15)13-9(6(14)16-4)5-10(9,11)12/h5H2,1-4H3,(H,13,15)/t9-/m1/s1. The van der Waals surface area contributed by atoms with Crippen molar-refractivity contribution in [1.82, 2.24) is 5.32 Å². The van der Waals surface area contributed by atoms with Crippen LogP contribution in [0.15, 0.2) is 0 Å². The van der Waals surface area contributed by atoms with E-state index in [1.165, 1.54) is 0 Å². The summed E-state index contributed by atoms with van der Waals surface area (Å²) >= 11 is 0. The minimum Gasteiger partial charge on any atom is -0.467 e. The van der Waals surface area contributed by atoms with Crippen LogP contribution in [-0.2, 0) is 14.3 Å². The number of alkyl carbamates (subject to hydrolysis) is 1. The van der Waals surface area contributed by atoms with Gasteiger partial charge in [-0.15, -0.1) is 0 Å². The Balaban J connectivity index is 2.72. The highest BCUT2D eigenvalue weighted by Gasteiger charge is 2.78. The van der Waals surface area contributed by atoms with E-state index in [2.05, 4.69) is 4.74 Å². The monoisotopic (exact) mass is 251 g/mol. The molecule has 7 heteroatoms. The molecule has 0 bridgehead atoms. The van der Waals surface area contributed by atoms with Gasteiger partial charge in [0.2, 0.25) is 5.54 Å². The van der Waals surface area contributed by atoms with Gasteiger partial charge in [0.15, 0.2) is 0 Å². The van der Waals surface area contributed by atoms with E-state index >= 15 is 0 Å². The molecule has 1 N–H and O–H groups in total. The molecule has 0 unspecified atom stereocenters. The number of ether oxygens (including phenoxy) is 2. The molecule has 0 heterocycles. The number of alkyl halides is 2. The fourth-order valence-electron chi connectivity index (χ4n) is 1.35. The van der Waals surface area contributed by atoms with Crippen molar-refractivity contribution < 1.29 is 27.8 Å². The molecule has 0 aromatic heterocycles. The Morgan fingerprint density at radius 1 is 1.29 bits per heavy atom. The van der Waals surface area contributed by atoms with E-state index in [0.29, 0.717) is 0 Å². The first kappa shape index (κ1) is 13.7. The van der Waals surface area contributed by atoms with Crippen molar-refractivity contribution in [3.63, 3.8) is 0 Å². The quantitative estimate of drug-likeness (QED) is 0.755. The fraction of sp³-hybridized carbons (Fsp3) is 0.800. The van der Waals surface area contributed by atoms with E-state index in [4.69, 9.17) is 4.74 Å². The Hall–Kier alpha value is -1.40. The summed E-state index contributed by atoms with van der Waals surface area (Å²) in [5, 5.41) is 1.88. The van der Waals surface area contributed by atoms with Gasteiger partial charge in [-0.05, 0) is 20.8 Å². The van der Waals surface area contributed by atoms with Crippen molar-refractivity contribution in [2.24, 2.45) is 0 Å². The summed E-state index contributed by atoms with van der Waals surface area (Å²) in [6.45, 7) is 4.76. The number of hydrogen-bond acceptors (Lipinski definition) is 4. The van der Waals surface area contributed by atoms with E-state index in [1.807, 2.05) is 5.32 Å². The lowest BCUT2D eigenvalue weighted by atomic mass is 10.2. The topological polar surface area (TPSA) is 64.6 Å². The van der Waals surface area contributed by atoms with Gasteiger partial charge in [0.1, 0.15) is 5.60 Å². The van der Waals surface area contributed by atoms with Crippen LogP contribution in [0.4, 0.5) is 13.6 Å². The number of carbonyl (C=O) groups excluding carboxylic acids is 2. The van der Waals surface area contributed by atoms with Gasteiger partial charge in [-0.3, -0.25) is 5.32 Å². The van der Waals surface area contributed by atoms with Crippen LogP contribution in [-0.4, -0.2) is 36.2 Å².